The molecule has 0 N–H and O–H groups in total. The molecule has 1 saturated heterocycles. The average molecular weight is 1110 g/mol. The number of fused-ring (bicyclic) bond motifs is 1. The number of benzene rings is 5. The Hall–Kier alpha value is -7.86. The summed E-state index contributed by atoms with van der Waals surface area (Å²) in [6.07, 6.45) is 16.8. The number of methoxy groups -OCH3 is 1. The number of unbranched alkanes of at least 4 members (excludes halogenated alkanes) is 3. The van der Waals surface area contributed by atoms with Crippen molar-refractivity contribution < 1.29 is 61.8 Å². The van der Waals surface area contributed by atoms with E-state index in [1.54, 1.807) is 109 Å². The van der Waals surface area contributed by atoms with Crippen LogP contribution in [0.4, 0.5) is 5.13 Å². The van der Waals surface area contributed by atoms with Gasteiger partial charge in [0.25, 0.3) is 0 Å². The molecule has 6 aromatic rings. The quantitative estimate of drug-likeness (QED) is 0.0104. The number of rotatable bonds is 30. The lowest BCUT2D eigenvalue weighted by Gasteiger charge is -2.40. The minimum Gasteiger partial charge on any atom is -0.494 e. The molecular weight excluding hydrogens is 1040 g/mol. The van der Waals surface area contributed by atoms with Crippen LogP contribution in [-0.2, 0) is 23.8 Å². The molecule has 1 aliphatic carbocycles. The standard InChI is InChI=1S/C63H69N3O13S/c1-4-58(67)76-37-15-36-75-51-28-24-48(25-29-51)61(70)79-55-31-20-45(38-56(55)71-3)21-33-59(68)77-52-30-32-54(49(39-52)40-64-66(41-46-16-9-8-10-17-46)62-65-53-18-11-12-19-57(53)80-62)78-60(69)47-22-26-50(27-23-47)74-35-14-7-6-13-34-72-42-63(5-2)43-73-44-63/h4,11-12,18-33,38-40,46H,1,5-10,13-17,34-37,41-44H2,2-3H3/b33-21+,64-40+. The highest BCUT2D eigenvalue weighted by Crippen LogP contribution is 2.35. The van der Waals surface area contributed by atoms with E-state index in [1.165, 1.54) is 19.6 Å². The van der Waals surface area contributed by atoms with Gasteiger partial charge in [-0.15, -0.1) is 0 Å². The Morgan fingerprint density at radius 2 is 1.39 bits per heavy atom. The van der Waals surface area contributed by atoms with E-state index in [0.717, 1.165) is 106 Å². The van der Waals surface area contributed by atoms with Gasteiger partial charge in [0.05, 0.1) is 74.3 Å². The molecule has 2 fully saturated rings. The first-order chi connectivity index (χ1) is 39.1. The van der Waals surface area contributed by atoms with Crippen molar-refractivity contribution in [1.82, 2.24) is 4.98 Å². The predicted molar refractivity (Wildman–Crippen MR) is 308 cm³/mol. The number of hydrogen-bond donors (Lipinski definition) is 0. The smallest absolute Gasteiger partial charge is 0.343 e. The summed E-state index contributed by atoms with van der Waals surface area (Å²) in [4.78, 5) is 56.4. The molecule has 17 heteroatoms. The van der Waals surface area contributed by atoms with Crippen molar-refractivity contribution >= 4 is 62.9 Å². The van der Waals surface area contributed by atoms with Crippen LogP contribution in [0.2, 0.25) is 0 Å². The van der Waals surface area contributed by atoms with Crippen LogP contribution in [0.5, 0.6) is 34.5 Å². The summed E-state index contributed by atoms with van der Waals surface area (Å²) in [5, 5.41) is 7.64. The largest absolute Gasteiger partial charge is 0.494 e. The number of anilines is 1. The SMILES string of the molecule is C=CC(=O)OCCCOc1ccc(C(=O)Oc2ccc(/C=C/C(=O)Oc3ccc(OC(=O)c4ccc(OCCCCCCOCC5(CC)COC5)cc4)c(/C=N/N(CC4CCCCC4)c4nc5ccccc5s4)c3)cc2OC)cc1. The van der Waals surface area contributed by atoms with Gasteiger partial charge in [0, 0.05) is 42.7 Å². The third kappa shape index (κ3) is 17.3. The van der Waals surface area contributed by atoms with Gasteiger partial charge in [0.15, 0.2) is 11.5 Å². The third-order valence-electron chi connectivity index (χ3n) is 13.8. The zero-order valence-corrected chi connectivity index (χ0v) is 46.3. The molecule has 1 saturated carbocycles. The Labute approximate surface area is 471 Å². The highest BCUT2D eigenvalue weighted by molar-refractivity contribution is 7.22. The van der Waals surface area contributed by atoms with Gasteiger partial charge >= 0.3 is 23.9 Å². The van der Waals surface area contributed by atoms with Crippen LogP contribution in [0.25, 0.3) is 16.3 Å². The molecule has 0 bridgehead atoms. The fraction of sp³-hybridized carbons (Fsp3) is 0.365. The van der Waals surface area contributed by atoms with E-state index in [4.69, 9.17) is 52.7 Å². The Morgan fingerprint density at radius 1 is 0.725 bits per heavy atom. The lowest BCUT2D eigenvalue weighted by molar-refractivity contribution is -0.150. The van der Waals surface area contributed by atoms with Crippen molar-refractivity contribution in [3.8, 4) is 34.5 Å². The summed E-state index contributed by atoms with van der Waals surface area (Å²) >= 11 is 1.56. The first-order valence-corrected chi connectivity index (χ1v) is 28.1. The van der Waals surface area contributed by atoms with Gasteiger partial charge in [-0.2, -0.15) is 5.10 Å². The second-order valence-electron chi connectivity index (χ2n) is 19.7. The van der Waals surface area contributed by atoms with E-state index in [9.17, 15) is 19.2 Å². The molecule has 16 nitrogen and oxygen atoms in total. The van der Waals surface area contributed by atoms with Crippen molar-refractivity contribution in [3.63, 3.8) is 0 Å². The highest BCUT2D eigenvalue weighted by Gasteiger charge is 2.37. The maximum Gasteiger partial charge on any atom is 0.343 e. The number of hydrogen-bond acceptors (Lipinski definition) is 17. The van der Waals surface area contributed by atoms with Gasteiger partial charge in [0.2, 0.25) is 5.13 Å². The van der Waals surface area contributed by atoms with E-state index in [1.807, 2.05) is 29.3 Å². The Bertz CT molecular complexity index is 3030. The summed E-state index contributed by atoms with van der Waals surface area (Å²) in [6.45, 7) is 10.4. The number of hydrazone groups is 1. The number of thiazole rings is 1. The van der Waals surface area contributed by atoms with Crippen LogP contribution in [0, 0.1) is 11.3 Å². The molecule has 0 atom stereocenters. The van der Waals surface area contributed by atoms with E-state index in [0.29, 0.717) is 60.3 Å². The number of carbonyl (C=O) groups excluding carboxylic acids is 4. The van der Waals surface area contributed by atoms with Crippen LogP contribution in [0.3, 0.4) is 0 Å². The Kier molecular flexibility index (Phi) is 21.8. The molecule has 1 aliphatic heterocycles. The zero-order valence-electron chi connectivity index (χ0n) is 45.5. The molecule has 0 radical (unpaired) electrons. The summed E-state index contributed by atoms with van der Waals surface area (Å²) in [7, 11) is 1.44. The molecule has 0 amide bonds. The second-order valence-corrected chi connectivity index (χ2v) is 20.7. The molecule has 420 valence electrons. The first kappa shape index (κ1) is 58.3. The molecule has 2 heterocycles. The lowest BCUT2D eigenvalue weighted by Crippen LogP contribution is -2.45. The lowest BCUT2D eigenvalue weighted by atomic mass is 9.84. The number of nitrogens with zero attached hydrogens (tertiary/aromatic N) is 3. The number of ether oxygens (including phenoxy) is 9. The number of para-hydroxylation sites is 1. The molecule has 8 rings (SSSR count). The minimum atomic E-state index is -0.684. The molecule has 1 aromatic heterocycles. The maximum atomic E-state index is 13.8. The van der Waals surface area contributed by atoms with Crippen molar-refractivity contribution in [2.24, 2.45) is 16.4 Å². The average Bonchev–Trinajstić information content (AvgIpc) is 3.91. The van der Waals surface area contributed by atoms with Crippen molar-refractivity contribution in [3.05, 3.63) is 150 Å². The molecule has 80 heavy (non-hydrogen) atoms. The maximum absolute atomic E-state index is 13.8. The normalized spacial score (nSPS) is 14.1. The topological polar surface area (TPSA) is 180 Å². The fourth-order valence-corrected chi connectivity index (χ4v) is 9.89. The van der Waals surface area contributed by atoms with Crippen LogP contribution >= 0.6 is 11.3 Å². The van der Waals surface area contributed by atoms with Gasteiger partial charge < -0.3 is 42.6 Å². The molecule has 2 aliphatic rings. The highest BCUT2D eigenvalue weighted by atomic mass is 32.1. The van der Waals surface area contributed by atoms with Gasteiger partial charge in [0.1, 0.15) is 23.0 Å². The van der Waals surface area contributed by atoms with Gasteiger partial charge in [-0.25, -0.2) is 29.2 Å². The number of aromatic nitrogens is 1. The summed E-state index contributed by atoms with van der Waals surface area (Å²) in [6, 6.07) is 30.8. The summed E-state index contributed by atoms with van der Waals surface area (Å²) in [5.74, 6) is 0.0407. The van der Waals surface area contributed by atoms with E-state index < -0.39 is 23.9 Å². The van der Waals surface area contributed by atoms with Crippen molar-refractivity contribution in [2.75, 3.05) is 64.9 Å². The van der Waals surface area contributed by atoms with E-state index in [-0.39, 0.29) is 40.6 Å². The first-order valence-electron chi connectivity index (χ1n) is 27.3. The van der Waals surface area contributed by atoms with Crippen LogP contribution in [0.15, 0.2) is 133 Å². The fourth-order valence-electron chi connectivity index (χ4n) is 8.95. The van der Waals surface area contributed by atoms with Crippen molar-refractivity contribution in [2.45, 2.75) is 77.6 Å². The molecule has 0 unspecified atom stereocenters. The van der Waals surface area contributed by atoms with Crippen molar-refractivity contribution in [1.29, 1.82) is 0 Å². The second kappa shape index (κ2) is 29.9. The monoisotopic (exact) mass is 1110 g/mol. The van der Waals surface area contributed by atoms with Crippen LogP contribution < -0.4 is 33.4 Å². The van der Waals surface area contributed by atoms with Gasteiger partial charge in [-0.3, -0.25) is 0 Å². The van der Waals surface area contributed by atoms with Gasteiger partial charge in [-0.1, -0.05) is 68.7 Å². The van der Waals surface area contributed by atoms with E-state index in [2.05, 4.69) is 13.5 Å². The van der Waals surface area contributed by atoms with Crippen LogP contribution in [0.1, 0.15) is 109 Å². The molecule has 5 aromatic carbocycles. The zero-order chi connectivity index (χ0) is 55.9. The Morgan fingerprint density at radius 3 is 2.05 bits per heavy atom. The predicted octanol–water partition coefficient (Wildman–Crippen LogP) is 12.7. The molecular formula is C63H69N3O13S. The summed E-state index contributed by atoms with van der Waals surface area (Å²) < 4.78 is 52.0. The summed E-state index contributed by atoms with van der Waals surface area (Å²) in [5.41, 5.74) is 2.65. The minimum absolute atomic E-state index is 0.169. The van der Waals surface area contributed by atoms with E-state index >= 15 is 0 Å². The van der Waals surface area contributed by atoms with Crippen LogP contribution in [-0.4, -0.2) is 95.0 Å². The Balaban J connectivity index is 0.901. The number of esters is 4. The van der Waals surface area contributed by atoms with Gasteiger partial charge in [-0.05, 0) is 147 Å². The number of carbonyl (C=O) groups is 4. The molecule has 0 spiro atoms. The third-order valence-corrected chi connectivity index (χ3v) is 14.8.